The van der Waals surface area contributed by atoms with Gasteiger partial charge >= 0.3 is 5.97 Å². The lowest BCUT2D eigenvalue weighted by molar-refractivity contribution is -0.198. The summed E-state index contributed by atoms with van der Waals surface area (Å²) in [6, 6.07) is 8.42. The van der Waals surface area contributed by atoms with Crippen molar-refractivity contribution in [3.63, 3.8) is 0 Å². The first-order valence-electron chi connectivity index (χ1n) is 5.45. The quantitative estimate of drug-likeness (QED) is 0.779. The van der Waals surface area contributed by atoms with E-state index in [9.17, 15) is 4.79 Å². The third-order valence-electron chi connectivity index (χ3n) is 4.09. The molecule has 0 saturated heterocycles. The van der Waals surface area contributed by atoms with Crippen LogP contribution in [0.4, 0.5) is 0 Å². The van der Waals surface area contributed by atoms with Crippen LogP contribution in [0.1, 0.15) is 24.8 Å². The number of benzene rings is 1. The van der Waals surface area contributed by atoms with Crippen molar-refractivity contribution in [1.82, 2.24) is 0 Å². The van der Waals surface area contributed by atoms with Crippen LogP contribution in [0.15, 0.2) is 28.7 Å². The second-order valence-corrected chi connectivity index (χ2v) is 6.01. The van der Waals surface area contributed by atoms with Gasteiger partial charge in [-0.15, -0.1) is 0 Å². The predicted molar refractivity (Wildman–Crippen MR) is 64.1 cm³/mol. The summed E-state index contributed by atoms with van der Waals surface area (Å²) in [6.45, 7) is 0. The van der Waals surface area contributed by atoms with E-state index in [4.69, 9.17) is 4.74 Å². The van der Waals surface area contributed by atoms with Crippen LogP contribution in [-0.2, 0) is 14.9 Å². The SMILES string of the molecule is COC(=O)C12CC(c3cccc(Br)c3)(C1)C2. The van der Waals surface area contributed by atoms with Crippen molar-refractivity contribution in [3.05, 3.63) is 34.3 Å². The van der Waals surface area contributed by atoms with Gasteiger partial charge in [0.25, 0.3) is 0 Å². The fourth-order valence-electron chi connectivity index (χ4n) is 3.35. The first kappa shape index (κ1) is 10.3. The molecule has 0 N–H and O–H groups in total. The van der Waals surface area contributed by atoms with Crippen molar-refractivity contribution < 1.29 is 9.53 Å². The van der Waals surface area contributed by atoms with E-state index in [0.717, 1.165) is 23.7 Å². The van der Waals surface area contributed by atoms with Crippen LogP contribution >= 0.6 is 15.9 Å². The molecule has 2 bridgehead atoms. The highest BCUT2D eigenvalue weighted by molar-refractivity contribution is 9.10. The second kappa shape index (κ2) is 3.10. The van der Waals surface area contributed by atoms with E-state index in [0.29, 0.717) is 0 Å². The fraction of sp³-hybridized carbons (Fsp3) is 0.462. The molecule has 2 nitrogen and oxygen atoms in total. The Morgan fingerprint density at radius 2 is 2.06 bits per heavy atom. The molecule has 0 radical (unpaired) electrons. The summed E-state index contributed by atoms with van der Waals surface area (Å²) in [4.78, 5) is 11.6. The predicted octanol–water partition coefficient (Wildman–Crippen LogP) is 3.04. The summed E-state index contributed by atoms with van der Waals surface area (Å²) in [5.74, 6) is -0.0237. The van der Waals surface area contributed by atoms with E-state index < -0.39 is 0 Å². The molecule has 3 heteroatoms. The molecule has 0 aliphatic heterocycles. The molecule has 0 unspecified atom stereocenters. The maximum absolute atomic E-state index is 11.6. The molecular weight excluding hydrogens is 268 g/mol. The van der Waals surface area contributed by atoms with Crippen molar-refractivity contribution in [3.8, 4) is 0 Å². The average Bonchev–Trinajstić information content (AvgIpc) is 2.13. The topological polar surface area (TPSA) is 26.3 Å². The van der Waals surface area contributed by atoms with Gasteiger partial charge in [-0.05, 0) is 42.4 Å². The van der Waals surface area contributed by atoms with Gasteiger partial charge in [0.2, 0.25) is 0 Å². The maximum Gasteiger partial charge on any atom is 0.311 e. The molecular formula is C13H13BrO2. The molecule has 0 aromatic heterocycles. The molecule has 0 amide bonds. The Labute approximate surface area is 103 Å². The van der Waals surface area contributed by atoms with E-state index in [2.05, 4.69) is 34.1 Å². The molecule has 1 aromatic carbocycles. The lowest BCUT2D eigenvalue weighted by Gasteiger charge is -2.68. The van der Waals surface area contributed by atoms with Gasteiger partial charge in [0, 0.05) is 4.47 Å². The Morgan fingerprint density at radius 1 is 1.38 bits per heavy atom. The molecule has 0 heterocycles. The monoisotopic (exact) mass is 280 g/mol. The zero-order valence-electron chi connectivity index (χ0n) is 9.13. The van der Waals surface area contributed by atoms with E-state index >= 15 is 0 Å². The molecule has 3 saturated carbocycles. The highest BCUT2D eigenvalue weighted by atomic mass is 79.9. The number of carbonyl (C=O) groups is 1. The van der Waals surface area contributed by atoms with Crippen molar-refractivity contribution in [2.24, 2.45) is 5.41 Å². The molecule has 3 aliphatic carbocycles. The van der Waals surface area contributed by atoms with Gasteiger partial charge in [-0.2, -0.15) is 0 Å². The highest BCUT2D eigenvalue weighted by Crippen LogP contribution is 2.74. The molecule has 16 heavy (non-hydrogen) atoms. The number of esters is 1. The Bertz CT molecular complexity index is 447. The lowest BCUT2D eigenvalue weighted by Crippen LogP contribution is -2.68. The van der Waals surface area contributed by atoms with Gasteiger partial charge in [-0.25, -0.2) is 0 Å². The summed E-state index contributed by atoms with van der Waals surface area (Å²) in [6.07, 6.45) is 2.88. The number of halogens is 1. The minimum atomic E-state index is -0.142. The van der Waals surface area contributed by atoms with Crippen molar-refractivity contribution >= 4 is 21.9 Å². The van der Waals surface area contributed by atoms with E-state index in [1.54, 1.807) is 0 Å². The smallest absolute Gasteiger partial charge is 0.311 e. The number of carbonyl (C=O) groups excluding carboxylic acids is 1. The normalized spacial score (nSPS) is 34.9. The second-order valence-electron chi connectivity index (χ2n) is 5.09. The number of rotatable bonds is 2. The number of ether oxygens (including phenoxy) is 1. The third-order valence-corrected chi connectivity index (χ3v) is 4.58. The Balaban J connectivity index is 1.81. The standard InChI is InChI=1S/C13H13BrO2/c1-16-11(15)13-6-12(7-13,8-13)9-3-2-4-10(14)5-9/h2-5H,6-8H2,1H3. The summed E-state index contributed by atoms with van der Waals surface area (Å²) in [5.41, 5.74) is 1.47. The van der Waals surface area contributed by atoms with Crippen LogP contribution in [0, 0.1) is 5.41 Å². The molecule has 3 aliphatic rings. The van der Waals surface area contributed by atoms with Crippen LogP contribution < -0.4 is 0 Å². The highest BCUT2D eigenvalue weighted by Gasteiger charge is 2.72. The van der Waals surface area contributed by atoms with Crippen LogP contribution in [0.5, 0.6) is 0 Å². The molecule has 0 spiro atoms. The third kappa shape index (κ3) is 1.15. The summed E-state index contributed by atoms with van der Waals surface area (Å²) in [7, 11) is 1.48. The fourth-order valence-corrected chi connectivity index (χ4v) is 3.74. The van der Waals surface area contributed by atoms with Gasteiger partial charge in [-0.1, -0.05) is 28.1 Å². The summed E-state index contributed by atoms with van der Waals surface area (Å²) in [5, 5.41) is 0. The Morgan fingerprint density at radius 3 is 2.62 bits per heavy atom. The summed E-state index contributed by atoms with van der Waals surface area (Å²) >= 11 is 3.49. The van der Waals surface area contributed by atoms with Crippen molar-refractivity contribution in [2.75, 3.05) is 7.11 Å². The van der Waals surface area contributed by atoms with Gasteiger partial charge in [-0.3, -0.25) is 4.79 Å². The minimum Gasteiger partial charge on any atom is -0.469 e. The minimum absolute atomic E-state index is 0.0237. The molecule has 84 valence electrons. The maximum atomic E-state index is 11.6. The average molecular weight is 281 g/mol. The van der Waals surface area contributed by atoms with Gasteiger partial charge < -0.3 is 4.74 Å². The molecule has 1 aromatic rings. The largest absolute Gasteiger partial charge is 0.469 e. The molecule has 0 atom stereocenters. The zero-order chi connectivity index (χ0) is 11.4. The van der Waals surface area contributed by atoms with Crippen molar-refractivity contribution in [2.45, 2.75) is 24.7 Å². The van der Waals surface area contributed by atoms with Gasteiger partial charge in [0.15, 0.2) is 0 Å². The summed E-state index contributed by atoms with van der Waals surface area (Å²) < 4.78 is 5.96. The first-order valence-corrected chi connectivity index (χ1v) is 6.24. The van der Waals surface area contributed by atoms with Gasteiger partial charge in [0.1, 0.15) is 0 Å². The zero-order valence-corrected chi connectivity index (χ0v) is 10.7. The molecule has 3 fully saturated rings. The van der Waals surface area contributed by atoms with Crippen LogP contribution in [0.2, 0.25) is 0 Å². The van der Waals surface area contributed by atoms with Crippen LogP contribution in [0.3, 0.4) is 0 Å². The number of hydrogen-bond donors (Lipinski definition) is 0. The van der Waals surface area contributed by atoms with Gasteiger partial charge in [0.05, 0.1) is 12.5 Å². The van der Waals surface area contributed by atoms with Crippen LogP contribution in [-0.4, -0.2) is 13.1 Å². The van der Waals surface area contributed by atoms with E-state index in [-0.39, 0.29) is 16.8 Å². The number of methoxy groups -OCH3 is 1. The van der Waals surface area contributed by atoms with E-state index in [1.807, 2.05) is 6.07 Å². The first-order chi connectivity index (χ1) is 7.60. The van der Waals surface area contributed by atoms with E-state index in [1.165, 1.54) is 12.7 Å². The Hall–Kier alpha value is -0.830. The number of hydrogen-bond acceptors (Lipinski definition) is 2. The van der Waals surface area contributed by atoms with Crippen LogP contribution in [0.25, 0.3) is 0 Å². The Kier molecular flexibility index (Phi) is 2.00. The molecule has 4 rings (SSSR count). The van der Waals surface area contributed by atoms with Crippen molar-refractivity contribution in [1.29, 1.82) is 0 Å². The lowest BCUT2D eigenvalue weighted by atomic mass is 9.33.